The summed E-state index contributed by atoms with van der Waals surface area (Å²) in [7, 11) is 0. The number of rotatable bonds is 3. The van der Waals surface area contributed by atoms with E-state index in [0.717, 1.165) is 31.7 Å². The standard InChI is InChI=1S/C13H15N5O2/c19-13(11-6-15-9-20-11)17-10-2-1-5-18(8-10)12-7-14-3-4-16-12/h3-4,6-7,9-10H,1-2,5,8H2,(H,17,19)/t10-/m0/s1. The SMILES string of the molecule is O=C(N[C@H]1CCCN(c2cnccn2)C1)c1cnco1. The molecule has 1 aliphatic rings. The highest BCUT2D eigenvalue weighted by Crippen LogP contribution is 2.16. The Balaban J connectivity index is 1.62. The number of nitrogens with one attached hydrogen (secondary N) is 1. The van der Waals surface area contributed by atoms with Gasteiger partial charge in [0.05, 0.1) is 12.4 Å². The molecule has 7 nitrogen and oxygen atoms in total. The van der Waals surface area contributed by atoms with Crippen LogP contribution in [0.1, 0.15) is 23.4 Å². The molecule has 0 aromatic carbocycles. The number of hydrogen-bond donors (Lipinski definition) is 1. The smallest absolute Gasteiger partial charge is 0.288 e. The van der Waals surface area contributed by atoms with Gasteiger partial charge in [0.25, 0.3) is 5.91 Å². The van der Waals surface area contributed by atoms with Gasteiger partial charge < -0.3 is 14.6 Å². The maximum Gasteiger partial charge on any atom is 0.288 e. The number of piperidine rings is 1. The molecule has 3 heterocycles. The maximum absolute atomic E-state index is 11.9. The first kappa shape index (κ1) is 12.6. The number of oxazole rings is 1. The van der Waals surface area contributed by atoms with Crippen molar-refractivity contribution in [1.29, 1.82) is 0 Å². The summed E-state index contributed by atoms with van der Waals surface area (Å²) >= 11 is 0. The summed E-state index contributed by atoms with van der Waals surface area (Å²) in [5.41, 5.74) is 0. The Kier molecular flexibility index (Phi) is 3.58. The third-order valence-corrected chi connectivity index (χ3v) is 3.29. The third-order valence-electron chi connectivity index (χ3n) is 3.29. The largest absolute Gasteiger partial charge is 0.438 e. The Morgan fingerprint density at radius 1 is 1.35 bits per heavy atom. The quantitative estimate of drug-likeness (QED) is 0.893. The van der Waals surface area contributed by atoms with Gasteiger partial charge in [-0.25, -0.2) is 9.97 Å². The molecule has 0 unspecified atom stereocenters. The number of anilines is 1. The van der Waals surface area contributed by atoms with Gasteiger partial charge in [0.15, 0.2) is 6.39 Å². The van der Waals surface area contributed by atoms with Gasteiger partial charge >= 0.3 is 0 Å². The van der Waals surface area contributed by atoms with Crippen molar-refractivity contribution in [3.63, 3.8) is 0 Å². The van der Waals surface area contributed by atoms with Crippen molar-refractivity contribution in [1.82, 2.24) is 20.3 Å². The molecule has 0 saturated carbocycles. The predicted molar refractivity (Wildman–Crippen MR) is 71.2 cm³/mol. The van der Waals surface area contributed by atoms with Gasteiger partial charge in [-0.2, -0.15) is 0 Å². The van der Waals surface area contributed by atoms with Crippen LogP contribution in [0.5, 0.6) is 0 Å². The summed E-state index contributed by atoms with van der Waals surface area (Å²) in [6.45, 7) is 1.64. The summed E-state index contributed by atoms with van der Waals surface area (Å²) in [5, 5.41) is 2.96. The second kappa shape index (κ2) is 5.68. The van der Waals surface area contributed by atoms with E-state index in [1.807, 2.05) is 0 Å². The average molecular weight is 273 g/mol. The maximum atomic E-state index is 11.9. The van der Waals surface area contributed by atoms with Crippen molar-refractivity contribution in [3.8, 4) is 0 Å². The fourth-order valence-electron chi connectivity index (χ4n) is 2.34. The highest BCUT2D eigenvalue weighted by atomic mass is 16.3. The Bertz CT molecular complexity index is 557. The van der Waals surface area contributed by atoms with E-state index in [1.54, 1.807) is 18.6 Å². The van der Waals surface area contributed by atoms with E-state index >= 15 is 0 Å². The van der Waals surface area contributed by atoms with E-state index < -0.39 is 0 Å². The van der Waals surface area contributed by atoms with Crippen molar-refractivity contribution < 1.29 is 9.21 Å². The zero-order chi connectivity index (χ0) is 13.8. The summed E-state index contributed by atoms with van der Waals surface area (Å²) in [4.78, 5) is 26.2. The molecule has 1 amide bonds. The number of hydrogen-bond acceptors (Lipinski definition) is 6. The van der Waals surface area contributed by atoms with Crippen molar-refractivity contribution in [3.05, 3.63) is 36.9 Å². The average Bonchev–Trinajstić information content (AvgIpc) is 3.03. The summed E-state index contributed by atoms with van der Waals surface area (Å²) in [6, 6.07) is 0.0726. The minimum Gasteiger partial charge on any atom is -0.438 e. The molecule has 0 radical (unpaired) electrons. The molecule has 1 atom stereocenters. The van der Waals surface area contributed by atoms with E-state index in [2.05, 4.69) is 25.2 Å². The fourth-order valence-corrected chi connectivity index (χ4v) is 2.34. The second-order valence-corrected chi connectivity index (χ2v) is 4.69. The highest BCUT2D eigenvalue weighted by molar-refractivity contribution is 5.91. The van der Waals surface area contributed by atoms with Gasteiger partial charge in [0.1, 0.15) is 5.82 Å². The van der Waals surface area contributed by atoms with Crippen LogP contribution in [-0.2, 0) is 0 Å². The first-order valence-corrected chi connectivity index (χ1v) is 6.53. The molecule has 0 bridgehead atoms. The molecule has 3 rings (SSSR count). The topological polar surface area (TPSA) is 84.2 Å². The molecule has 1 N–H and O–H groups in total. The first-order chi connectivity index (χ1) is 9.83. The Morgan fingerprint density at radius 3 is 3.05 bits per heavy atom. The van der Waals surface area contributed by atoms with Gasteiger partial charge in [0.2, 0.25) is 5.76 Å². The third kappa shape index (κ3) is 2.76. The molecular weight excluding hydrogens is 258 g/mol. The van der Waals surface area contributed by atoms with E-state index in [4.69, 9.17) is 4.42 Å². The number of carbonyl (C=O) groups is 1. The van der Waals surface area contributed by atoms with Gasteiger partial charge in [-0.05, 0) is 12.8 Å². The first-order valence-electron chi connectivity index (χ1n) is 6.53. The van der Waals surface area contributed by atoms with E-state index in [1.165, 1.54) is 12.6 Å². The van der Waals surface area contributed by atoms with Gasteiger partial charge in [-0.15, -0.1) is 0 Å². The van der Waals surface area contributed by atoms with Crippen LogP contribution in [0.3, 0.4) is 0 Å². The van der Waals surface area contributed by atoms with Crippen LogP contribution in [0.15, 0.2) is 35.6 Å². The van der Waals surface area contributed by atoms with Crippen LogP contribution in [0.25, 0.3) is 0 Å². The van der Waals surface area contributed by atoms with Crippen LogP contribution in [-0.4, -0.2) is 40.0 Å². The van der Waals surface area contributed by atoms with E-state index in [9.17, 15) is 4.79 Å². The van der Waals surface area contributed by atoms with Gasteiger partial charge in [-0.1, -0.05) is 0 Å². The Morgan fingerprint density at radius 2 is 2.30 bits per heavy atom. The van der Waals surface area contributed by atoms with Crippen LogP contribution in [0.2, 0.25) is 0 Å². The van der Waals surface area contributed by atoms with Crippen molar-refractivity contribution >= 4 is 11.7 Å². The summed E-state index contributed by atoms with van der Waals surface area (Å²) in [5.74, 6) is 0.848. The lowest BCUT2D eigenvalue weighted by molar-refractivity contribution is 0.0905. The Labute approximate surface area is 116 Å². The Hall–Kier alpha value is -2.44. The summed E-state index contributed by atoms with van der Waals surface area (Å²) in [6.07, 6.45) is 9.66. The monoisotopic (exact) mass is 273 g/mol. The molecule has 7 heteroatoms. The minimum atomic E-state index is -0.228. The molecule has 1 aliphatic heterocycles. The number of nitrogens with zero attached hydrogens (tertiary/aromatic N) is 4. The number of amides is 1. The molecule has 1 fully saturated rings. The minimum absolute atomic E-state index is 0.0726. The molecular formula is C13H15N5O2. The summed E-state index contributed by atoms with van der Waals surface area (Å²) < 4.78 is 4.99. The molecule has 104 valence electrons. The normalized spacial score (nSPS) is 18.8. The lowest BCUT2D eigenvalue weighted by atomic mass is 10.1. The number of aromatic nitrogens is 3. The fraction of sp³-hybridized carbons (Fsp3) is 0.385. The molecule has 0 aliphatic carbocycles. The van der Waals surface area contributed by atoms with E-state index in [0.29, 0.717) is 0 Å². The molecule has 1 saturated heterocycles. The van der Waals surface area contributed by atoms with Crippen LogP contribution < -0.4 is 10.2 Å². The van der Waals surface area contributed by atoms with Crippen molar-refractivity contribution in [2.24, 2.45) is 0 Å². The predicted octanol–water partition coefficient (Wildman–Crippen LogP) is 0.863. The highest BCUT2D eigenvalue weighted by Gasteiger charge is 2.23. The van der Waals surface area contributed by atoms with Crippen LogP contribution in [0.4, 0.5) is 5.82 Å². The second-order valence-electron chi connectivity index (χ2n) is 4.69. The molecule has 0 spiro atoms. The zero-order valence-electron chi connectivity index (χ0n) is 10.9. The van der Waals surface area contributed by atoms with Gasteiger partial charge in [-0.3, -0.25) is 9.78 Å². The zero-order valence-corrected chi connectivity index (χ0v) is 10.9. The molecule has 2 aromatic rings. The van der Waals surface area contributed by atoms with E-state index in [-0.39, 0.29) is 17.7 Å². The van der Waals surface area contributed by atoms with Crippen LogP contribution in [0, 0.1) is 0 Å². The molecule has 20 heavy (non-hydrogen) atoms. The lowest BCUT2D eigenvalue weighted by Gasteiger charge is -2.33. The number of carbonyl (C=O) groups excluding carboxylic acids is 1. The lowest BCUT2D eigenvalue weighted by Crippen LogP contribution is -2.48. The van der Waals surface area contributed by atoms with Gasteiger partial charge in [0, 0.05) is 31.5 Å². The molecule has 2 aromatic heterocycles. The van der Waals surface area contributed by atoms with Crippen molar-refractivity contribution in [2.45, 2.75) is 18.9 Å². The van der Waals surface area contributed by atoms with Crippen molar-refractivity contribution in [2.75, 3.05) is 18.0 Å². The van der Waals surface area contributed by atoms with Crippen LogP contribution >= 0.6 is 0 Å².